The Balaban J connectivity index is 0.000000340. The van der Waals surface area contributed by atoms with E-state index in [1.807, 2.05) is 0 Å². The van der Waals surface area contributed by atoms with Gasteiger partial charge in [-0.3, -0.25) is 0 Å². The van der Waals surface area contributed by atoms with Gasteiger partial charge in [0.05, 0.1) is 20.2 Å². The second-order valence-corrected chi connectivity index (χ2v) is 11.1. The molecule has 0 saturated heterocycles. The van der Waals surface area contributed by atoms with Gasteiger partial charge in [-0.15, -0.1) is 0 Å². The van der Waals surface area contributed by atoms with Crippen molar-refractivity contribution in [3.05, 3.63) is 48.6 Å². The topological polar surface area (TPSA) is 114 Å². The van der Waals surface area contributed by atoms with Gasteiger partial charge in [0.25, 0.3) is 0 Å². The minimum absolute atomic E-state index is 0.256. The molecule has 0 heterocycles. The molecule has 0 aromatic carbocycles. The molecule has 0 N–H and O–H groups in total. The molecule has 0 fully saturated rings. The summed E-state index contributed by atoms with van der Waals surface area (Å²) in [6, 6.07) is 0. The third kappa shape index (κ3) is 19.7. The van der Waals surface area contributed by atoms with Crippen molar-refractivity contribution >= 4 is 20.2 Å². The fourth-order valence-electron chi connectivity index (χ4n) is 1.31. The molecule has 0 aromatic heterocycles. The van der Waals surface area contributed by atoms with Gasteiger partial charge in [0, 0.05) is 12.5 Å². The standard InChI is InChI=1S/2C5H5.2CH4O3S.Zr/c2*1-2-4-5-3-1;2*1-5(2,3)4;/h2*1-5H;2*1H3,(H,2,3,4);/q;;;;+2/p-2. The molecular formula is C12H16O6S2Zr. The summed E-state index contributed by atoms with van der Waals surface area (Å²) in [7, 11) is -7.83. The molecular weight excluding hydrogens is 395 g/mol. The van der Waals surface area contributed by atoms with Gasteiger partial charge >= 0.3 is 79.1 Å². The van der Waals surface area contributed by atoms with Crippen molar-refractivity contribution in [1.29, 1.82) is 0 Å². The fourth-order valence-corrected chi connectivity index (χ4v) is 4.59. The van der Waals surface area contributed by atoms with E-state index in [-0.39, 0.29) is 23.2 Å². The quantitative estimate of drug-likeness (QED) is 0.631. The van der Waals surface area contributed by atoms with Crippen molar-refractivity contribution in [3.63, 3.8) is 0 Å². The number of hydrogen-bond donors (Lipinski definition) is 0. The van der Waals surface area contributed by atoms with E-state index in [1.54, 1.807) is 0 Å². The Labute approximate surface area is 137 Å². The van der Waals surface area contributed by atoms with Crippen LogP contribution >= 0.6 is 0 Å². The molecule has 0 aliphatic heterocycles. The molecule has 0 unspecified atom stereocenters. The molecule has 0 amide bonds. The monoisotopic (exact) mass is 410 g/mol. The molecule has 0 saturated carbocycles. The van der Waals surface area contributed by atoms with Gasteiger partial charge in [-0.05, 0) is 0 Å². The first-order valence-electron chi connectivity index (χ1n) is 5.73. The average Bonchev–Trinajstić information content (AvgIpc) is 2.85. The maximum atomic E-state index is 9.08. The molecule has 21 heavy (non-hydrogen) atoms. The summed E-state index contributed by atoms with van der Waals surface area (Å²) in [5, 5.41) is 0. The van der Waals surface area contributed by atoms with Gasteiger partial charge < -0.3 is 9.11 Å². The Morgan fingerprint density at radius 1 is 0.714 bits per heavy atom. The van der Waals surface area contributed by atoms with Crippen LogP contribution in [0.1, 0.15) is 0 Å². The first-order chi connectivity index (χ1) is 9.45. The second-order valence-electron chi connectivity index (χ2n) is 4.17. The molecule has 9 heteroatoms. The van der Waals surface area contributed by atoms with E-state index >= 15 is 0 Å². The van der Waals surface area contributed by atoms with E-state index in [0.29, 0.717) is 12.5 Å². The van der Waals surface area contributed by atoms with E-state index < -0.39 is 20.2 Å². The molecule has 116 valence electrons. The van der Waals surface area contributed by atoms with Gasteiger partial charge in [0.15, 0.2) is 0 Å². The Hall–Kier alpha value is -0.337. The maximum Gasteiger partial charge on any atom is 0.0916 e. The minimum atomic E-state index is -3.92. The van der Waals surface area contributed by atoms with Crippen LogP contribution in [-0.4, -0.2) is 38.5 Å². The minimum Gasteiger partial charge on any atom is -0.748 e. The van der Waals surface area contributed by atoms with Crippen LogP contribution in [0.2, 0.25) is 7.25 Å². The van der Waals surface area contributed by atoms with Crippen molar-refractivity contribution in [1.82, 2.24) is 0 Å². The summed E-state index contributed by atoms with van der Waals surface area (Å²) in [6.07, 6.45) is 19.3. The van der Waals surface area contributed by atoms with Crippen LogP contribution in [0.4, 0.5) is 0 Å². The van der Waals surface area contributed by atoms with Crippen molar-refractivity contribution < 1.29 is 49.2 Å². The van der Waals surface area contributed by atoms with Gasteiger partial charge in [0.2, 0.25) is 0 Å². The zero-order chi connectivity index (χ0) is 16.5. The van der Waals surface area contributed by atoms with Crippen molar-refractivity contribution in [2.24, 2.45) is 0 Å². The van der Waals surface area contributed by atoms with Crippen LogP contribution in [0.15, 0.2) is 48.6 Å². The molecule has 0 atom stereocenters. The zero-order valence-corrected chi connectivity index (χ0v) is 15.6. The smallest absolute Gasteiger partial charge is 0.0916 e. The van der Waals surface area contributed by atoms with E-state index in [1.165, 1.54) is 0 Å². The maximum absolute atomic E-state index is 9.08. The third-order valence-corrected chi connectivity index (χ3v) is 5.67. The summed E-state index contributed by atoms with van der Waals surface area (Å²) in [5.74, 6) is 0. The molecule has 0 aromatic rings. The SMILES string of the molecule is C1=C[CH]([Zr+2][CH]2C=CC=C2)C=C1.CS(=O)(=O)[O-].CS(=O)(=O)[O-]. The van der Waals surface area contributed by atoms with Gasteiger partial charge in [-0.1, -0.05) is 0 Å². The van der Waals surface area contributed by atoms with Gasteiger partial charge in [-0.2, -0.15) is 0 Å². The summed E-state index contributed by atoms with van der Waals surface area (Å²) < 4.78 is 56.1. The van der Waals surface area contributed by atoms with E-state index in [0.717, 1.165) is 7.25 Å². The molecule has 2 aliphatic carbocycles. The number of allylic oxidation sites excluding steroid dienone is 8. The van der Waals surface area contributed by atoms with Gasteiger partial charge in [-0.25, -0.2) is 16.8 Å². The summed E-state index contributed by atoms with van der Waals surface area (Å²) in [6.45, 7) is 0. The fraction of sp³-hybridized carbons (Fsp3) is 0.333. The van der Waals surface area contributed by atoms with Crippen LogP contribution < -0.4 is 0 Å². The predicted octanol–water partition coefficient (Wildman–Crippen LogP) is 1.22. The number of hydrogen-bond acceptors (Lipinski definition) is 6. The number of rotatable bonds is 2. The summed E-state index contributed by atoms with van der Waals surface area (Å²) >= 11 is -0.256. The largest absolute Gasteiger partial charge is 0.748 e. The van der Waals surface area contributed by atoms with E-state index in [4.69, 9.17) is 25.9 Å². The molecule has 0 bridgehead atoms. The predicted molar refractivity (Wildman–Crippen MR) is 75.3 cm³/mol. The van der Waals surface area contributed by atoms with Crippen LogP contribution in [-0.2, 0) is 43.5 Å². The van der Waals surface area contributed by atoms with E-state index in [2.05, 4.69) is 48.6 Å². The first-order valence-corrected chi connectivity index (χ1v) is 12.2. The zero-order valence-electron chi connectivity index (χ0n) is 11.5. The Kier molecular flexibility index (Phi) is 9.48. The molecule has 0 spiro atoms. The van der Waals surface area contributed by atoms with Crippen LogP contribution in [0, 0.1) is 0 Å². The van der Waals surface area contributed by atoms with E-state index in [9.17, 15) is 0 Å². The average molecular weight is 412 g/mol. The summed E-state index contributed by atoms with van der Waals surface area (Å²) in [4.78, 5) is 0. The Bertz CT molecular complexity index is 533. The molecule has 0 radical (unpaired) electrons. The molecule has 2 aliphatic rings. The molecule has 2 rings (SSSR count). The first kappa shape index (κ1) is 20.7. The second kappa shape index (κ2) is 9.63. The molecule has 6 nitrogen and oxygen atoms in total. The van der Waals surface area contributed by atoms with Crippen molar-refractivity contribution in [2.75, 3.05) is 12.5 Å². The van der Waals surface area contributed by atoms with Crippen LogP contribution in [0.3, 0.4) is 0 Å². The normalized spacial score (nSPS) is 17.0. The van der Waals surface area contributed by atoms with Crippen LogP contribution in [0.5, 0.6) is 0 Å². The Morgan fingerprint density at radius 2 is 0.905 bits per heavy atom. The van der Waals surface area contributed by atoms with Crippen LogP contribution in [0.25, 0.3) is 0 Å². The summed E-state index contributed by atoms with van der Waals surface area (Å²) in [5.41, 5.74) is 0. The van der Waals surface area contributed by atoms with Crippen molar-refractivity contribution in [2.45, 2.75) is 7.25 Å². The third-order valence-electron chi connectivity index (χ3n) is 1.88. The Morgan fingerprint density at radius 3 is 1.10 bits per heavy atom. The van der Waals surface area contributed by atoms with Gasteiger partial charge in [0.1, 0.15) is 0 Å². The van der Waals surface area contributed by atoms with Crippen molar-refractivity contribution in [3.8, 4) is 0 Å².